The van der Waals surface area contributed by atoms with Crippen LogP contribution in [0.4, 0.5) is 0 Å². The molecule has 1 aliphatic carbocycles. The topological polar surface area (TPSA) is 88.2 Å². The maximum atomic E-state index is 9.67. The van der Waals surface area contributed by atoms with E-state index in [-0.39, 0.29) is 0 Å². The number of allylic oxidation sites excluding steroid dienone is 1. The lowest BCUT2D eigenvalue weighted by atomic mass is 10.0. The van der Waals surface area contributed by atoms with Crippen LogP contribution in [0.1, 0.15) is 23.4 Å². The Labute approximate surface area is 278 Å². The second-order valence-corrected chi connectivity index (χ2v) is 11.6. The number of hydrogen-bond acceptors (Lipinski definition) is 6. The van der Waals surface area contributed by atoms with Crippen molar-refractivity contribution in [3.8, 4) is 73.9 Å². The molecule has 0 saturated heterocycles. The number of aryl methyl sites for hydroxylation is 1. The number of nitrogens with zero attached hydrogens (tertiary/aromatic N) is 6. The van der Waals surface area contributed by atoms with Crippen LogP contribution in [0.25, 0.3) is 73.9 Å². The van der Waals surface area contributed by atoms with Gasteiger partial charge < -0.3 is 0 Å². The molecule has 0 spiro atoms. The number of fused-ring (bicyclic) bond motifs is 1. The third-order valence-electron chi connectivity index (χ3n) is 8.44. The number of benzene rings is 5. The molecule has 2 aromatic heterocycles. The van der Waals surface area contributed by atoms with Crippen LogP contribution in [-0.2, 0) is 6.42 Å². The van der Waals surface area contributed by atoms with Crippen molar-refractivity contribution in [2.24, 2.45) is 0 Å². The van der Waals surface area contributed by atoms with E-state index in [0.717, 1.165) is 63.2 Å². The summed E-state index contributed by atoms with van der Waals surface area (Å²) in [4.78, 5) is 25.3. The summed E-state index contributed by atoms with van der Waals surface area (Å²) in [7, 11) is 0. The van der Waals surface area contributed by atoms with Gasteiger partial charge in [-0.3, -0.25) is 0 Å². The highest BCUT2D eigenvalue weighted by atomic mass is 15.1. The summed E-state index contributed by atoms with van der Waals surface area (Å²) in [5.41, 5.74) is 10.5. The summed E-state index contributed by atoms with van der Waals surface area (Å²) in [5.74, 6) is 1.51. The predicted molar refractivity (Wildman–Crippen MR) is 190 cm³/mol. The van der Waals surface area contributed by atoms with Gasteiger partial charge in [-0.25, -0.2) is 24.9 Å². The van der Waals surface area contributed by atoms with Crippen LogP contribution >= 0.6 is 0 Å². The van der Waals surface area contributed by atoms with E-state index in [4.69, 9.17) is 24.9 Å². The van der Waals surface area contributed by atoms with Crippen LogP contribution in [0.15, 0.2) is 140 Å². The average molecular weight is 617 g/mol. The summed E-state index contributed by atoms with van der Waals surface area (Å²) in [6.45, 7) is 0. The predicted octanol–water partition coefficient (Wildman–Crippen LogP) is 9.49. The molecule has 8 rings (SSSR count). The van der Waals surface area contributed by atoms with Gasteiger partial charge in [-0.15, -0.1) is 0 Å². The van der Waals surface area contributed by atoms with Crippen LogP contribution in [0.2, 0.25) is 0 Å². The van der Waals surface area contributed by atoms with E-state index in [0.29, 0.717) is 34.4 Å². The zero-order valence-electron chi connectivity index (χ0n) is 26.0. The fourth-order valence-electron chi connectivity index (χ4n) is 5.93. The summed E-state index contributed by atoms with van der Waals surface area (Å²) in [5, 5.41) is 9.67. The van der Waals surface area contributed by atoms with Gasteiger partial charge in [0.15, 0.2) is 17.5 Å². The van der Waals surface area contributed by atoms with Crippen LogP contribution in [0.5, 0.6) is 0 Å². The first kappa shape index (κ1) is 28.9. The van der Waals surface area contributed by atoms with Crippen molar-refractivity contribution in [2.75, 3.05) is 0 Å². The smallest absolute Gasteiger partial charge is 0.184 e. The lowest BCUT2D eigenvalue weighted by Crippen LogP contribution is -2.08. The normalized spacial score (nSPS) is 11.9. The molecule has 0 bridgehead atoms. The first-order valence-corrected chi connectivity index (χ1v) is 15.9. The Bertz CT molecular complexity index is 2220. The molecule has 0 N–H and O–H groups in total. The molecule has 0 saturated carbocycles. The quantitative estimate of drug-likeness (QED) is 0.185. The maximum absolute atomic E-state index is 9.67. The molecule has 226 valence electrons. The van der Waals surface area contributed by atoms with E-state index in [1.807, 2.05) is 84.9 Å². The first-order valence-electron chi connectivity index (χ1n) is 15.9. The van der Waals surface area contributed by atoms with Crippen LogP contribution in [0.3, 0.4) is 0 Å². The highest BCUT2D eigenvalue weighted by molar-refractivity contribution is 5.79. The molecule has 6 heteroatoms. The molecule has 6 nitrogen and oxygen atoms in total. The Kier molecular flexibility index (Phi) is 7.62. The molecule has 0 atom stereocenters. The van der Waals surface area contributed by atoms with E-state index in [1.54, 1.807) is 6.07 Å². The molecule has 5 aromatic carbocycles. The summed E-state index contributed by atoms with van der Waals surface area (Å²) >= 11 is 0. The minimum atomic E-state index is 0.427. The second-order valence-electron chi connectivity index (χ2n) is 11.6. The summed E-state index contributed by atoms with van der Waals surface area (Å²) in [6.07, 6.45) is 5.79. The molecular weight excluding hydrogens is 589 g/mol. The zero-order chi connectivity index (χ0) is 32.3. The molecule has 2 heterocycles. The van der Waals surface area contributed by atoms with E-state index in [1.165, 1.54) is 0 Å². The average Bonchev–Trinajstić information content (AvgIpc) is 3.18. The molecule has 48 heavy (non-hydrogen) atoms. The van der Waals surface area contributed by atoms with Crippen LogP contribution < -0.4 is 0 Å². The highest BCUT2D eigenvalue weighted by Gasteiger charge is 2.22. The monoisotopic (exact) mass is 616 g/mol. The van der Waals surface area contributed by atoms with Crippen molar-refractivity contribution < 1.29 is 0 Å². The Hall–Kier alpha value is -6.58. The number of rotatable bonds is 6. The van der Waals surface area contributed by atoms with Crippen molar-refractivity contribution in [3.05, 3.63) is 156 Å². The Morgan fingerprint density at radius 1 is 0.458 bits per heavy atom. The third-order valence-corrected chi connectivity index (χ3v) is 8.44. The van der Waals surface area contributed by atoms with Gasteiger partial charge in [0.25, 0.3) is 0 Å². The van der Waals surface area contributed by atoms with Crippen LogP contribution in [0, 0.1) is 11.3 Å². The standard InChI is InChI=1S/C42H28N6/c43-27-28-10-9-15-35(26-28)38-39(45-37-17-8-7-16-36(37)44-38)42-47-40(33-22-18-31(19-23-33)29-11-3-1-4-12-29)46-41(48-42)34-24-20-32(21-25-34)30-13-5-2-6-14-30/h1-7,9-16,18-26H,8,17H2. The van der Waals surface area contributed by atoms with Gasteiger partial charge in [0.2, 0.25) is 0 Å². The fraction of sp³-hybridized carbons (Fsp3) is 0.0476. The Morgan fingerprint density at radius 2 is 0.979 bits per heavy atom. The molecule has 0 radical (unpaired) electrons. The van der Waals surface area contributed by atoms with Gasteiger partial charge in [0, 0.05) is 16.7 Å². The number of aromatic nitrogens is 5. The van der Waals surface area contributed by atoms with Gasteiger partial charge in [-0.1, -0.05) is 127 Å². The fourth-order valence-corrected chi connectivity index (χ4v) is 5.93. The third kappa shape index (κ3) is 5.77. The molecular formula is C42H28N6. The first-order chi connectivity index (χ1) is 23.7. The molecule has 0 unspecified atom stereocenters. The van der Waals surface area contributed by atoms with E-state index in [9.17, 15) is 5.26 Å². The van der Waals surface area contributed by atoms with Gasteiger partial charge in [0.1, 0.15) is 11.4 Å². The van der Waals surface area contributed by atoms with E-state index >= 15 is 0 Å². The summed E-state index contributed by atoms with van der Waals surface area (Å²) < 4.78 is 0. The molecule has 1 aliphatic rings. The van der Waals surface area contributed by atoms with Crippen molar-refractivity contribution in [1.82, 2.24) is 24.9 Å². The molecule has 7 aromatic rings. The van der Waals surface area contributed by atoms with Crippen molar-refractivity contribution in [1.29, 1.82) is 5.26 Å². The lowest BCUT2D eigenvalue weighted by Gasteiger charge is -2.16. The van der Waals surface area contributed by atoms with Crippen LogP contribution in [-0.4, -0.2) is 24.9 Å². The molecule has 0 fully saturated rings. The van der Waals surface area contributed by atoms with Gasteiger partial charge in [-0.05, 0) is 53.3 Å². The van der Waals surface area contributed by atoms with Gasteiger partial charge in [-0.2, -0.15) is 5.26 Å². The number of nitriles is 1. The second kappa shape index (κ2) is 12.7. The largest absolute Gasteiger partial charge is 0.245 e. The minimum Gasteiger partial charge on any atom is -0.245 e. The molecule has 0 amide bonds. The minimum absolute atomic E-state index is 0.427. The van der Waals surface area contributed by atoms with Crippen molar-refractivity contribution in [2.45, 2.75) is 12.8 Å². The Morgan fingerprint density at radius 3 is 1.56 bits per heavy atom. The van der Waals surface area contributed by atoms with E-state index < -0.39 is 0 Å². The SMILES string of the molecule is N#Cc1cccc(-c2nc3c(nc2-c2nc(-c4ccc(-c5ccccc5)cc4)nc(-c4ccc(-c5ccccc5)cc4)n2)CCC=C3)c1. The number of hydrogen-bond donors (Lipinski definition) is 0. The van der Waals surface area contributed by atoms with Gasteiger partial charge >= 0.3 is 0 Å². The zero-order valence-corrected chi connectivity index (χ0v) is 26.0. The molecule has 0 aliphatic heterocycles. The van der Waals surface area contributed by atoms with Gasteiger partial charge in [0.05, 0.1) is 23.0 Å². The van der Waals surface area contributed by atoms with E-state index in [2.05, 4.69) is 60.7 Å². The Balaban J connectivity index is 1.30. The highest BCUT2D eigenvalue weighted by Crippen LogP contribution is 2.33. The maximum Gasteiger partial charge on any atom is 0.184 e. The van der Waals surface area contributed by atoms with Crippen molar-refractivity contribution >= 4 is 6.08 Å². The summed E-state index contributed by atoms with van der Waals surface area (Å²) in [6, 6.07) is 46.8. The van der Waals surface area contributed by atoms with Crippen molar-refractivity contribution in [3.63, 3.8) is 0 Å². The lowest BCUT2D eigenvalue weighted by molar-refractivity contribution is 0.901.